The lowest BCUT2D eigenvalue weighted by molar-refractivity contribution is -0.120. The summed E-state index contributed by atoms with van der Waals surface area (Å²) in [6, 6.07) is 6.14. The Labute approximate surface area is 135 Å². The third-order valence-electron chi connectivity index (χ3n) is 3.50. The Kier molecular flexibility index (Phi) is 8.12. The molecule has 2 N–H and O–H groups in total. The molecule has 1 fully saturated rings. The van der Waals surface area contributed by atoms with Crippen molar-refractivity contribution < 1.29 is 18.3 Å². The van der Waals surface area contributed by atoms with Crippen LogP contribution in [0.3, 0.4) is 0 Å². The standard InChI is InChI=1S/C15H20F2N2O2.ClH/c16-15(17)21-13-5-3-11(4-6-13)8-14(20)19-10-12-2-1-7-18-9-12;/h3-6,12,15,18H,1-2,7-10H2,(H,19,20);1H. The van der Waals surface area contributed by atoms with Crippen LogP contribution in [0.25, 0.3) is 0 Å². The zero-order valence-corrected chi connectivity index (χ0v) is 13.0. The van der Waals surface area contributed by atoms with Crippen molar-refractivity contribution in [2.45, 2.75) is 25.9 Å². The van der Waals surface area contributed by atoms with Crippen LogP contribution in [0.2, 0.25) is 0 Å². The topological polar surface area (TPSA) is 50.4 Å². The lowest BCUT2D eigenvalue weighted by atomic mass is 10.00. The Morgan fingerprint density at radius 2 is 2.09 bits per heavy atom. The summed E-state index contributed by atoms with van der Waals surface area (Å²) in [6.45, 7) is -0.154. The molecule has 0 radical (unpaired) electrons. The lowest BCUT2D eigenvalue weighted by Gasteiger charge is -2.22. The van der Waals surface area contributed by atoms with E-state index >= 15 is 0 Å². The summed E-state index contributed by atoms with van der Waals surface area (Å²) in [5.74, 6) is 0.537. The van der Waals surface area contributed by atoms with Gasteiger partial charge in [0.2, 0.25) is 5.91 Å². The molecule has 1 amide bonds. The highest BCUT2D eigenvalue weighted by Gasteiger charge is 2.14. The molecule has 22 heavy (non-hydrogen) atoms. The number of hydrogen-bond acceptors (Lipinski definition) is 3. The van der Waals surface area contributed by atoms with Crippen molar-refractivity contribution in [3.05, 3.63) is 29.8 Å². The minimum Gasteiger partial charge on any atom is -0.435 e. The molecule has 2 rings (SSSR count). The van der Waals surface area contributed by atoms with E-state index in [1.54, 1.807) is 12.1 Å². The van der Waals surface area contributed by atoms with Crippen LogP contribution in [0, 0.1) is 5.92 Å². The van der Waals surface area contributed by atoms with Crippen molar-refractivity contribution in [3.63, 3.8) is 0 Å². The second kappa shape index (κ2) is 9.58. The first-order chi connectivity index (χ1) is 10.1. The van der Waals surface area contributed by atoms with Gasteiger partial charge < -0.3 is 15.4 Å². The van der Waals surface area contributed by atoms with Crippen molar-refractivity contribution in [2.24, 2.45) is 5.92 Å². The highest BCUT2D eigenvalue weighted by Crippen LogP contribution is 2.15. The van der Waals surface area contributed by atoms with E-state index in [1.165, 1.54) is 12.1 Å². The summed E-state index contributed by atoms with van der Waals surface area (Å²) < 4.78 is 28.3. The molecule has 1 saturated heterocycles. The second-order valence-electron chi connectivity index (χ2n) is 5.22. The molecule has 1 aliphatic rings. The molecule has 1 atom stereocenters. The van der Waals surface area contributed by atoms with Gasteiger partial charge in [0, 0.05) is 6.54 Å². The summed E-state index contributed by atoms with van der Waals surface area (Å²) in [6.07, 6.45) is 2.52. The molecule has 124 valence electrons. The van der Waals surface area contributed by atoms with Gasteiger partial charge >= 0.3 is 6.61 Å². The molecule has 0 aromatic heterocycles. The number of nitrogens with one attached hydrogen (secondary N) is 2. The number of hydrogen-bond donors (Lipinski definition) is 2. The third-order valence-corrected chi connectivity index (χ3v) is 3.50. The Bertz CT molecular complexity index is 451. The van der Waals surface area contributed by atoms with E-state index in [4.69, 9.17) is 0 Å². The first-order valence-electron chi connectivity index (χ1n) is 7.14. The fourth-order valence-electron chi connectivity index (χ4n) is 2.39. The van der Waals surface area contributed by atoms with E-state index < -0.39 is 6.61 Å². The van der Waals surface area contributed by atoms with Crippen molar-refractivity contribution in [1.29, 1.82) is 0 Å². The van der Waals surface area contributed by atoms with E-state index in [1.807, 2.05) is 0 Å². The van der Waals surface area contributed by atoms with Gasteiger partial charge in [-0.3, -0.25) is 4.79 Å². The monoisotopic (exact) mass is 334 g/mol. The summed E-state index contributed by atoms with van der Waals surface area (Å²) in [7, 11) is 0. The van der Waals surface area contributed by atoms with Crippen LogP contribution in [0.4, 0.5) is 8.78 Å². The fraction of sp³-hybridized carbons (Fsp3) is 0.533. The number of ether oxygens (including phenoxy) is 1. The smallest absolute Gasteiger partial charge is 0.387 e. The molecule has 0 spiro atoms. The van der Waals surface area contributed by atoms with Crippen molar-refractivity contribution >= 4 is 18.3 Å². The van der Waals surface area contributed by atoms with Crippen LogP contribution in [0.5, 0.6) is 5.75 Å². The molecular formula is C15H21ClF2N2O2. The van der Waals surface area contributed by atoms with Gasteiger partial charge in [-0.1, -0.05) is 12.1 Å². The van der Waals surface area contributed by atoms with Crippen LogP contribution in [0.1, 0.15) is 18.4 Å². The Morgan fingerprint density at radius 1 is 1.36 bits per heavy atom. The summed E-state index contributed by atoms with van der Waals surface area (Å²) in [5, 5.41) is 6.22. The molecular weight excluding hydrogens is 314 g/mol. The Balaban J connectivity index is 0.00000242. The summed E-state index contributed by atoms with van der Waals surface area (Å²) in [5.41, 5.74) is 0.774. The molecule has 1 unspecified atom stereocenters. The quantitative estimate of drug-likeness (QED) is 0.839. The van der Waals surface area contributed by atoms with E-state index in [9.17, 15) is 13.6 Å². The van der Waals surface area contributed by atoms with Crippen molar-refractivity contribution in [2.75, 3.05) is 19.6 Å². The van der Waals surface area contributed by atoms with Crippen molar-refractivity contribution in [3.8, 4) is 5.75 Å². The number of benzene rings is 1. The molecule has 1 aromatic carbocycles. The average molecular weight is 335 g/mol. The molecule has 1 aliphatic heterocycles. The van der Waals surface area contributed by atoms with Gasteiger partial charge in [0.15, 0.2) is 0 Å². The van der Waals surface area contributed by atoms with E-state index in [2.05, 4.69) is 15.4 Å². The van der Waals surface area contributed by atoms with Crippen LogP contribution in [-0.2, 0) is 11.2 Å². The summed E-state index contributed by atoms with van der Waals surface area (Å²) in [4.78, 5) is 11.8. The number of piperidine rings is 1. The third kappa shape index (κ3) is 6.58. The maximum Gasteiger partial charge on any atom is 0.387 e. The number of carbonyl (C=O) groups is 1. The van der Waals surface area contributed by atoms with Gasteiger partial charge in [-0.25, -0.2) is 0 Å². The molecule has 1 aromatic rings. The van der Waals surface area contributed by atoms with Gasteiger partial charge in [0.25, 0.3) is 0 Å². The van der Waals surface area contributed by atoms with E-state index in [0.29, 0.717) is 12.5 Å². The molecule has 0 saturated carbocycles. The minimum atomic E-state index is -2.83. The highest BCUT2D eigenvalue weighted by molar-refractivity contribution is 5.85. The van der Waals surface area contributed by atoms with Gasteiger partial charge in [-0.05, 0) is 49.5 Å². The average Bonchev–Trinajstić information content (AvgIpc) is 2.48. The van der Waals surface area contributed by atoms with Gasteiger partial charge in [-0.2, -0.15) is 8.78 Å². The predicted molar refractivity (Wildman–Crippen MR) is 82.6 cm³/mol. The number of alkyl halides is 2. The zero-order chi connectivity index (χ0) is 15.1. The van der Waals surface area contributed by atoms with Crippen molar-refractivity contribution in [1.82, 2.24) is 10.6 Å². The second-order valence-corrected chi connectivity index (χ2v) is 5.22. The fourth-order valence-corrected chi connectivity index (χ4v) is 2.39. The van der Waals surface area contributed by atoms with Gasteiger partial charge in [0.05, 0.1) is 6.42 Å². The molecule has 0 bridgehead atoms. The number of halogens is 3. The van der Waals surface area contributed by atoms with E-state index in [-0.39, 0.29) is 30.5 Å². The number of rotatable bonds is 6. The zero-order valence-electron chi connectivity index (χ0n) is 12.2. The maximum atomic E-state index is 12.0. The summed E-state index contributed by atoms with van der Waals surface area (Å²) >= 11 is 0. The molecule has 1 heterocycles. The predicted octanol–water partition coefficient (Wildman–Crippen LogP) is 2.37. The normalized spacial score (nSPS) is 17.7. The molecule has 7 heteroatoms. The van der Waals surface area contributed by atoms with Crippen LogP contribution < -0.4 is 15.4 Å². The van der Waals surface area contributed by atoms with Crippen LogP contribution >= 0.6 is 12.4 Å². The highest BCUT2D eigenvalue weighted by atomic mass is 35.5. The SMILES string of the molecule is Cl.O=C(Cc1ccc(OC(F)F)cc1)NCC1CCCNC1. The number of carbonyl (C=O) groups excluding carboxylic acids is 1. The Morgan fingerprint density at radius 3 is 2.68 bits per heavy atom. The first-order valence-corrected chi connectivity index (χ1v) is 7.14. The van der Waals surface area contributed by atoms with Crippen LogP contribution in [0.15, 0.2) is 24.3 Å². The minimum absolute atomic E-state index is 0. The largest absolute Gasteiger partial charge is 0.435 e. The molecule has 4 nitrogen and oxygen atoms in total. The van der Waals surface area contributed by atoms with Crippen LogP contribution in [-0.4, -0.2) is 32.2 Å². The first kappa shape index (κ1) is 18.6. The Hall–Kier alpha value is -1.40. The number of amides is 1. The van der Waals surface area contributed by atoms with Gasteiger partial charge in [0.1, 0.15) is 5.75 Å². The molecule has 0 aliphatic carbocycles. The van der Waals surface area contributed by atoms with E-state index in [0.717, 1.165) is 31.5 Å². The lowest BCUT2D eigenvalue weighted by Crippen LogP contribution is -2.38. The van der Waals surface area contributed by atoms with Gasteiger partial charge in [-0.15, -0.1) is 12.4 Å². The maximum absolute atomic E-state index is 12.0.